The molecular weight excluding hydrogens is 241 g/mol. The molecule has 0 aliphatic heterocycles. The van der Waals surface area contributed by atoms with Gasteiger partial charge in [-0.1, -0.05) is 12.1 Å². The molecule has 0 bridgehead atoms. The molecular formula is C13H7F3N2. The Bertz CT molecular complexity index is 595. The SMILES string of the molecule is N#Cc1ccc(-c2ccnc(C(F)(F)F)c2)cc1. The predicted octanol–water partition coefficient (Wildman–Crippen LogP) is 3.64. The monoisotopic (exact) mass is 248 g/mol. The first-order valence-corrected chi connectivity index (χ1v) is 5.04. The summed E-state index contributed by atoms with van der Waals surface area (Å²) in [6, 6.07) is 10.8. The zero-order valence-electron chi connectivity index (χ0n) is 9.07. The van der Waals surface area contributed by atoms with E-state index in [1.54, 1.807) is 24.3 Å². The Hall–Kier alpha value is -2.35. The highest BCUT2D eigenvalue weighted by Gasteiger charge is 2.32. The summed E-state index contributed by atoms with van der Waals surface area (Å²) >= 11 is 0. The average molecular weight is 248 g/mol. The molecule has 1 heterocycles. The molecule has 2 nitrogen and oxygen atoms in total. The fourth-order valence-corrected chi connectivity index (χ4v) is 1.50. The molecule has 2 rings (SSSR count). The number of pyridine rings is 1. The van der Waals surface area contributed by atoms with Crippen molar-refractivity contribution in [2.75, 3.05) is 0 Å². The highest BCUT2D eigenvalue weighted by molar-refractivity contribution is 5.64. The molecule has 90 valence electrons. The highest BCUT2D eigenvalue weighted by Crippen LogP contribution is 2.30. The van der Waals surface area contributed by atoms with E-state index in [0.717, 1.165) is 12.3 Å². The van der Waals surface area contributed by atoms with E-state index in [4.69, 9.17) is 5.26 Å². The van der Waals surface area contributed by atoms with E-state index in [2.05, 4.69) is 4.98 Å². The van der Waals surface area contributed by atoms with Gasteiger partial charge in [-0.05, 0) is 35.4 Å². The number of nitriles is 1. The van der Waals surface area contributed by atoms with Gasteiger partial charge >= 0.3 is 6.18 Å². The fraction of sp³-hybridized carbons (Fsp3) is 0.0769. The maximum Gasteiger partial charge on any atom is 0.433 e. The Morgan fingerprint density at radius 1 is 1.00 bits per heavy atom. The second-order valence-electron chi connectivity index (χ2n) is 3.62. The van der Waals surface area contributed by atoms with E-state index in [1.807, 2.05) is 6.07 Å². The lowest BCUT2D eigenvalue weighted by molar-refractivity contribution is -0.141. The van der Waals surface area contributed by atoms with Gasteiger partial charge in [-0.3, -0.25) is 4.98 Å². The van der Waals surface area contributed by atoms with Crippen LogP contribution < -0.4 is 0 Å². The standard InChI is InChI=1S/C13H7F3N2/c14-13(15,16)12-7-11(5-6-18-12)10-3-1-9(8-17)2-4-10/h1-7H. The lowest BCUT2D eigenvalue weighted by Crippen LogP contribution is -2.07. The molecule has 0 saturated carbocycles. The molecule has 0 atom stereocenters. The van der Waals surface area contributed by atoms with Gasteiger partial charge in [0.15, 0.2) is 0 Å². The summed E-state index contributed by atoms with van der Waals surface area (Å²) in [5.41, 5.74) is 0.567. The third-order valence-corrected chi connectivity index (χ3v) is 2.40. The second-order valence-corrected chi connectivity index (χ2v) is 3.62. The van der Waals surface area contributed by atoms with E-state index in [0.29, 0.717) is 16.7 Å². The van der Waals surface area contributed by atoms with Crippen molar-refractivity contribution in [2.24, 2.45) is 0 Å². The maximum absolute atomic E-state index is 12.5. The number of alkyl halides is 3. The van der Waals surface area contributed by atoms with Crippen molar-refractivity contribution in [3.05, 3.63) is 53.9 Å². The van der Waals surface area contributed by atoms with Crippen molar-refractivity contribution < 1.29 is 13.2 Å². The van der Waals surface area contributed by atoms with Crippen molar-refractivity contribution in [3.8, 4) is 17.2 Å². The quantitative estimate of drug-likeness (QED) is 0.772. The Labute approximate surface area is 101 Å². The maximum atomic E-state index is 12.5. The summed E-state index contributed by atoms with van der Waals surface area (Å²) in [5.74, 6) is 0. The van der Waals surface area contributed by atoms with Crippen LogP contribution in [0.4, 0.5) is 13.2 Å². The van der Waals surface area contributed by atoms with Gasteiger partial charge < -0.3 is 0 Å². The minimum Gasteiger partial charge on any atom is -0.252 e. The topological polar surface area (TPSA) is 36.7 Å². The second kappa shape index (κ2) is 4.49. The van der Waals surface area contributed by atoms with Gasteiger partial charge in [0.1, 0.15) is 5.69 Å². The van der Waals surface area contributed by atoms with Gasteiger partial charge in [-0.2, -0.15) is 18.4 Å². The van der Waals surface area contributed by atoms with Crippen LogP contribution in [-0.2, 0) is 6.18 Å². The molecule has 2 aromatic rings. The number of halogens is 3. The first-order valence-electron chi connectivity index (χ1n) is 5.04. The van der Waals surface area contributed by atoms with Crippen LogP contribution in [-0.4, -0.2) is 4.98 Å². The van der Waals surface area contributed by atoms with Gasteiger partial charge in [0.05, 0.1) is 11.6 Å². The molecule has 18 heavy (non-hydrogen) atoms. The van der Waals surface area contributed by atoms with Crippen LogP contribution in [0.5, 0.6) is 0 Å². The summed E-state index contributed by atoms with van der Waals surface area (Å²) in [7, 11) is 0. The van der Waals surface area contributed by atoms with Gasteiger partial charge in [-0.25, -0.2) is 0 Å². The number of hydrogen-bond acceptors (Lipinski definition) is 2. The molecule has 0 aliphatic carbocycles. The van der Waals surface area contributed by atoms with Gasteiger partial charge in [0.2, 0.25) is 0 Å². The molecule has 0 aliphatic rings. The molecule has 0 saturated heterocycles. The highest BCUT2D eigenvalue weighted by atomic mass is 19.4. The van der Waals surface area contributed by atoms with Crippen LogP contribution in [0.2, 0.25) is 0 Å². The lowest BCUT2D eigenvalue weighted by atomic mass is 10.0. The molecule has 0 amide bonds. The fourth-order valence-electron chi connectivity index (χ4n) is 1.50. The minimum absolute atomic E-state index is 0.418. The third kappa shape index (κ3) is 2.48. The number of hydrogen-bond donors (Lipinski definition) is 0. The van der Waals surface area contributed by atoms with Crippen LogP contribution in [0.15, 0.2) is 42.6 Å². The van der Waals surface area contributed by atoms with E-state index in [-0.39, 0.29) is 0 Å². The van der Waals surface area contributed by atoms with E-state index in [9.17, 15) is 13.2 Å². The largest absolute Gasteiger partial charge is 0.433 e. The number of aromatic nitrogens is 1. The van der Waals surface area contributed by atoms with Crippen LogP contribution in [0.1, 0.15) is 11.3 Å². The summed E-state index contributed by atoms with van der Waals surface area (Å²) < 4.78 is 37.5. The molecule has 0 fully saturated rings. The zero-order valence-corrected chi connectivity index (χ0v) is 9.07. The normalized spacial score (nSPS) is 11.0. The zero-order chi connectivity index (χ0) is 13.2. The smallest absolute Gasteiger partial charge is 0.252 e. The predicted molar refractivity (Wildman–Crippen MR) is 59.4 cm³/mol. The van der Waals surface area contributed by atoms with Crippen molar-refractivity contribution in [2.45, 2.75) is 6.18 Å². The van der Waals surface area contributed by atoms with Crippen molar-refractivity contribution in [1.29, 1.82) is 5.26 Å². The van der Waals surface area contributed by atoms with E-state index >= 15 is 0 Å². The Morgan fingerprint density at radius 2 is 1.67 bits per heavy atom. The minimum atomic E-state index is -4.46. The molecule has 5 heteroatoms. The average Bonchev–Trinajstić information content (AvgIpc) is 2.38. The number of rotatable bonds is 1. The van der Waals surface area contributed by atoms with Crippen molar-refractivity contribution in [1.82, 2.24) is 4.98 Å². The lowest BCUT2D eigenvalue weighted by Gasteiger charge is -2.07. The molecule has 0 radical (unpaired) electrons. The van der Waals surface area contributed by atoms with E-state index < -0.39 is 11.9 Å². The van der Waals surface area contributed by atoms with Crippen molar-refractivity contribution >= 4 is 0 Å². The van der Waals surface area contributed by atoms with Crippen LogP contribution in [0.25, 0.3) is 11.1 Å². The first kappa shape index (κ1) is 12.1. The molecule has 0 spiro atoms. The van der Waals surface area contributed by atoms with Gasteiger partial charge in [-0.15, -0.1) is 0 Å². The summed E-state index contributed by atoms with van der Waals surface area (Å²) in [6.45, 7) is 0. The Kier molecular flexibility index (Phi) is 3.02. The Balaban J connectivity index is 2.42. The number of benzene rings is 1. The van der Waals surface area contributed by atoms with Crippen LogP contribution >= 0.6 is 0 Å². The first-order chi connectivity index (χ1) is 8.50. The summed E-state index contributed by atoms with van der Waals surface area (Å²) in [6.07, 6.45) is -3.33. The van der Waals surface area contributed by atoms with Crippen LogP contribution in [0, 0.1) is 11.3 Å². The van der Waals surface area contributed by atoms with Crippen molar-refractivity contribution in [3.63, 3.8) is 0 Å². The third-order valence-electron chi connectivity index (χ3n) is 2.40. The molecule has 1 aromatic heterocycles. The Morgan fingerprint density at radius 3 is 2.22 bits per heavy atom. The summed E-state index contributed by atoms with van der Waals surface area (Å²) in [5, 5.41) is 8.64. The molecule has 0 N–H and O–H groups in total. The van der Waals surface area contributed by atoms with Gasteiger partial charge in [0, 0.05) is 6.20 Å². The molecule has 0 unspecified atom stereocenters. The molecule has 1 aromatic carbocycles. The number of nitrogens with zero attached hydrogens (tertiary/aromatic N) is 2. The van der Waals surface area contributed by atoms with E-state index in [1.165, 1.54) is 6.07 Å². The summed E-state index contributed by atoms with van der Waals surface area (Å²) in [4.78, 5) is 3.29. The van der Waals surface area contributed by atoms with Gasteiger partial charge in [0.25, 0.3) is 0 Å². The van der Waals surface area contributed by atoms with Crippen LogP contribution in [0.3, 0.4) is 0 Å².